The highest BCUT2D eigenvalue weighted by Gasteiger charge is 2.41. The summed E-state index contributed by atoms with van der Waals surface area (Å²) in [7, 11) is 0. The molecule has 1 heterocycles. The third-order valence-electron chi connectivity index (χ3n) is 4.43. The van der Waals surface area contributed by atoms with E-state index in [1.807, 2.05) is 24.3 Å². The Balaban J connectivity index is 1.82. The molecule has 0 aromatic heterocycles. The second-order valence-electron chi connectivity index (χ2n) is 6.52. The van der Waals surface area contributed by atoms with Gasteiger partial charge in [0.25, 0.3) is 0 Å². The van der Waals surface area contributed by atoms with Crippen molar-refractivity contribution in [1.29, 1.82) is 0 Å². The largest absolute Gasteiger partial charge is 0.324 e. The zero-order valence-electron chi connectivity index (χ0n) is 14.0. The summed E-state index contributed by atoms with van der Waals surface area (Å²) in [5.41, 5.74) is 1.13. The number of halogens is 2. The fourth-order valence-electron chi connectivity index (χ4n) is 2.86. The SMILES string of the molecule is CC(C)(C(=O)Nc1cccc(Cl)c1Cl)C(=O)N1CCc2ccccc21. The van der Waals surface area contributed by atoms with Crippen LogP contribution in [0.25, 0.3) is 0 Å². The second kappa shape index (κ2) is 6.70. The predicted molar refractivity (Wildman–Crippen MR) is 101 cm³/mol. The maximum Gasteiger partial charge on any atom is 0.242 e. The summed E-state index contributed by atoms with van der Waals surface area (Å²) in [4.78, 5) is 27.4. The lowest BCUT2D eigenvalue weighted by Gasteiger charge is -2.28. The molecule has 0 aliphatic carbocycles. The summed E-state index contributed by atoms with van der Waals surface area (Å²) in [6.45, 7) is 3.81. The van der Waals surface area contributed by atoms with Crippen molar-refractivity contribution >= 4 is 46.4 Å². The summed E-state index contributed by atoms with van der Waals surface area (Å²) in [6, 6.07) is 12.7. The third-order valence-corrected chi connectivity index (χ3v) is 5.25. The van der Waals surface area contributed by atoms with Crippen LogP contribution in [0.4, 0.5) is 11.4 Å². The van der Waals surface area contributed by atoms with Crippen LogP contribution in [0.2, 0.25) is 10.0 Å². The lowest BCUT2D eigenvalue weighted by molar-refractivity contribution is -0.136. The number of anilines is 2. The van der Waals surface area contributed by atoms with Crippen molar-refractivity contribution in [3.63, 3.8) is 0 Å². The Kier molecular flexibility index (Phi) is 4.76. The number of rotatable bonds is 3. The lowest BCUT2D eigenvalue weighted by Crippen LogP contribution is -2.47. The molecule has 0 atom stereocenters. The van der Waals surface area contributed by atoms with Crippen molar-refractivity contribution in [3.05, 3.63) is 58.1 Å². The number of fused-ring (bicyclic) bond motifs is 1. The molecule has 6 heteroatoms. The van der Waals surface area contributed by atoms with Gasteiger partial charge in [0, 0.05) is 12.2 Å². The fraction of sp³-hybridized carbons (Fsp3) is 0.263. The van der Waals surface area contributed by atoms with Crippen LogP contribution in [0.3, 0.4) is 0 Å². The Hall–Kier alpha value is -2.04. The Morgan fingerprint density at radius 3 is 2.56 bits per heavy atom. The number of nitrogens with zero attached hydrogens (tertiary/aromatic N) is 1. The standard InChI is InChI=1S/C19H18Cl2N2O2/c1-19(2,17(24)22-14-8-5-7-13(20)16(14)21)18(25)23-11-10-12-6-3-4-9-15(12)23/h3-9H,10-11H2,1-2H3,(H,22,24). The smallest absolute Gasteiger partial charge is 0.242 e. The Morgan fingerprint density at radius 2 is 1.80 bits per heavy atom. The monoisotopic (exact) mass is 376 g/mol. The van der Waals surface area contributed by atoms with Crippen LogP contribution < -0.4 is 10.2 Å². The van der Waals surface area contributed by atoms with Crippen LogP contribution in [0.5, 0.6) is 0 Å². The highest BCUT2D eigenvalue weighted by atomic mass is 35.5. The van der Waals surface area contributed by atoms with Crippen molar-refractivity contribution < 1.29 is 9.59 Å². The van der Waals surface area contributed by atoms with Gasteiger partial charge in [-0.2, -0.15) is 0 Å². The van der Waals surface area contributed by atoms with Gasteiger partial charge in [0.1, 0.15) is 5.41 Å². The molecule has 0 fully saturated rings. The van der Waals surface area contributed by atoms with Gasteiger partial charge in [0.05, 0.1) is 15.7 Å². The average Bonchev–Trinajstić information content (AvgIpc) is 3.02. The van der Waals surface area contributed by atoms with E-state index in [0.29, 0.717) is 17.3 Å². The normalized spacial score (nSPS) is 13.5. The molecule has 2 amide bonds. The van der Waals surface area contributed by atoms with Crippen molar-refractivity contribution in [2.75, 3.05) is 16.8 Å². The first kappa shape index (κ1) is 17.8. The van der Waals surface area contributed by atoms with Crippen molar-refractivity contribution in [2.24, 2.45) is 5.41 Å². The van der Waals surface area contributed by atoms with Crippen LogP contribution in [-0.2, 0) is 16.0 Å². The number of carbonyl (C=O) groups is 2. The highest BCUT2D eigenvalue weighted by molar-refractivity contribution is 6.44. The van der Waals surface area contributed by atoms with E-state index in [0.717, 1.165) is 17.7 Å². The average molecular weight is 377 g/mol. The van der Waals surface area contributed by atoms with Crippen LogP contribution >= 0.6 is 23.2 Å². The van der Waals surface area contributed by atoms with E-state index >= 15 is 0 Å². The van der Waals surface area contributed by atoms with Crippen molar-refractivity contribution in [3.8, 4) is 0 Å². The zero-order valence-corrected chi connectivity index (χ0v) is 15.5. The topological polar surface area (TPSA) is 49.4 Å². The quantitative estimate of drug-likeness (QED) is 0.798. The predicted octanol–water partition coefficient (Wildman–Crippen LogP) is 4.55. The minimum Gasteiger partial charge on any atom is -0.324 e. The van der Waals surface area contributed by atoms with E-state index in [-0.39, 0.29) is 10.9 Å². The van der Waals surface area contributed by atoms with Crippen LogP contribution in [0.1, 0.15) is 19.4 Å². The number of hydrogen-bond donors (Lipinski definition) is 1. The molecule has 1 aliphatic rings. The number of amides is 2. The van der Waals surface area contributed by atoms with Crippen molar-refractivity contribution in [2.45, 2.75) is 20.3 Å². The summed E-state index contributed by atoms with van der Waals surface area (Å²) in [6.07, 6.45) is 0.791. The Bertz CT molecular complexity index is 849. The van der Waals surface area contributed by atoms with Gasteiger partial charge in [-0.1, -0.05) is 47.5 Å². The number of nitrogens with one attached hydrogen (secondary N) is 1. The van der Waals surface area contributed by atoms with E-state index in [1.165, 1.54) is 0 Å². The molecule has 2 aromatic rings. The third kappa shape index (κ3) is 3.24. The first-order valence-electron chi connectivity index (χ1n) is 7.97. The number of benzene rings is 2. The van der Waals surface area contributed by atoms with E-state index in [1.54, 1.807) is 36.9 Å². The summed E-state index contributed by atoms with van der Waals surface area (Å²) in [5.74, 6) is -0.667. The number of hydrogen-bond acceptors (Lipinski definition) is 2. The van der Waals surface area contributed by atoms with E-state index in [9.17, 15) is 9.59 Å². The van der Waals surface area contributed by atoms with Crippen molar-refractivity contribution in [1.82, 2.24) is 0 Å². The van der Waals surface area contributed by atoms with Gasteiger partial charge in [-0.15, -0.1) is 0 Å². The first-order valence-corrected chi connectivity index (χ1v) is 8.73. The summed E-state index contributed by atoms with van der Waals surface area (Å²) >= 11 is 12.1. The molecule has 4 nitrogen and oxygen atoms in total. The molecule has 1 N–H and O–H groups in total. The van der Waals surface area contributed by atoms with E-state index in [4.69, 9.17) is 23.2 Å². The molecule has 0 spiro atoms. The zero-order chi connectivity index (χ0) is 18.2. The van der Waals surface area contributed by atoms with E-state index < -0.39 is 11.3 Å². The van der Waals surface area contributed by atoms with Gasteiger partial charge >= 0.3 is 0 Å². The summed E-state index contributed by atoms with van der Waals surface area (Å²) < 4.78 is 0. The Labute approximate surface area is 156 Å². The number of para-hydroxylation sites is 1. The van der Waals surface area contributed by atoms with Crippen LogP contribution in [0, 0.1) is 5.41 Å². The molecule has 130 valence electrons. The van der Waals surface area contributed by atoms with Gasteiger partial charge in [-0.3, -0.25) is 9.59 Å². The minimum absolute atomic E-state index is 0.242. The van der Waals surface area contributed by atoms with Gasteiger partial charge < -0.3 is 10.2 Å². The molecular weight excluding hydrogens is 359 g/mol. The molecule has 25 heavy (non-hydrogen) atoms. The minimum atomic E-state index is -1.25. The maximum absolute atomic E-state index is 13.0. The Morgan fingerprint density at radius 1 is 1.08 bits per heavy atom. The lowest BCUT2D eigenvalue weighted by atomic mass is 9.90. The molecule has 3 rings (SSSR count). The maximum atomic E-state index is 13.0. The van der Waals surface area contributed by atoms with Gasteiger partial charge in [0.2, 0.25) is 11.8 Å². The number of carbonyl (C=O) groups excluding carboxylic acids is 2. The fourth-order valence-corrected chi connectivity index (χ4v) is 3.21. The van der Waals surface area contributed by atoms with E-state index in [2.05, 4.69) is 5.32 Å². The molecule has 2 aromatic carbocycles. The summed E-state index contributed by atoms with van der Waals surface area (Å²) in [5, 5.41) is 3.32. The van der Waals surface area contributed by atoms with Gasteiger partial charge in [-0.25, -0.2) is 0 Å². The molecule has 0 unspecified atom stereocenters. The van der Waals surface area contributed by atoms with Gasteiger partial charge in [0.15, 0.2) is 0 Å². The molecular formula is C19H18Cl2N2O2. The second-order valence-corrected chi connectivity index (χ2v) is 7.30. The molecule has 0 saturated heterocycles. The highest BCUT2D eigenvalue weighted by Crippen LogP contribution is 2.34. The van der Waals surface area contributed by atoms with Crippen LogP contribution in [-0.4, -0.2) is 18.4 Å². The van der Waals surface area contributed by atoms with Crippen LogP contribution in [0.15, 0.2) is 42.5 Å². The molecule has 1 aliphatic heterocycles. The molecule has 0 saturated carbocycles. The van der Waals surface area contributed by atoms with Gasteiger partial charge in [-0.05, 0) is 44.0 Å². The molecule has 0 radical (unpaired) electrons. The molecule has 0 bridgehead atoms. The first-order chi connectivity index (χ1) is 11.8.